The molecule has 5 heteroatoms. The molecule has 2 aromatic rings. The number of H-pyrrole nitrogens is 1. The molecule has 1 aliphatic rings. The average molecular weight is 272 g/mol. The maximum Gasteiger partial charge on any atom is 0.270 e. The molecule has 0 spiro atoms. The summed E-state index contributed by atoms with van der Waals surface area (Å²) in [5.41, 5.74) is 1.47. The standard InChI is InChI=1S/C15H16N2O3/c18-12-4-1-3-11(9-12)14-10-17(7-8-20-14)15(19)13-5-2-6-16-13/h1-6,9,14,16,18H,7-8,10H2. The van der Waals surface area contributed by atoms with Crippen LogP contribution in [0, 0.1) is 0 Å². The van der Waals surface area contributed by atoms with E-state index in [2.05, 4.69) is 4.98 Å². The summed E-state index contributed by atoms with van der Waals surface area (Å²) in [6.07, 6.45) is 1.54. The van der Waals surface area contributed by atoms with Gasteiger partial charge in [0.1, 0.15) is 17.5 Å². The largest absolute Gasteiger partial charge is 0.508 e. The molecule has 1 fully saturated rings. The summed E-state index contributed by atoms with van der Waals surface area (Å²) in [4.78, 5) is 17.0. The molecule has 1 atom stereocenters. The van der Waals surface area contributed by atoms with Crippen LogP contribution in [0.3, 0.4) is 0 Å². The van der Waals surface area contributed by atoms with E-state index in [-0.39, 0.29) is 17.8 Å². The lowest BCUT2D eigenvalue weighted by molar-refractivity contribution is -0.0230. The number of ether oxygens (including phenoxy) is 1. The zero-order chi connectivity index (χ0) is 13.9. The molecule has 1 aliphatic heterocycles. The molecule has 1 saturated heterocycles. The Balaban J connectivity index is 1.75. The molecular formula is C15H16N2O3. The number of nitrogens with zero attached hydrogens (tertiary/aromatic N) is 1. The van der Waals surface area contributed by atoms with Gasteiger partial charge in [-0.2, -0.15) is 0 Å². The number of amides is 1. The summed E-state index contributed by atoms with van der Waals surface area (Å²) in [7, 11) is 0. The molecule has 0 bridgehead atoms. The van der Waals surface area contributed by atoms with Crippen LogP contribution in [-0.2, 0) is 4.74 Å². The van der Waals surface area contributed by atoms with E-state index in [1.807, 2.05) is 6.07 Å². The third-order valence-corrected chi connectivity index (χ3v) is 3.42. The number of phenolic OH excluding ortho intramolecular Hbond substituents is 1. The first-order valence-corrected chi connectivity index (χ1v) is 6.57. The quantitative estimate of drug-likeness (QED) is 0.878. The lowest BCUT2D eigenvalue weighted by Crippen LogP contribution is -2.42. The first-order chi connectivity index (χ1) is 9.74. The van der Waals surface area contributed by atoms with Crippen molar-refractivity contribution < 1.29 is 14.6 Å². The van der Waals surface area contributed by atoms with Crippen LogP contribution in [0.2, 0.25) is 0 Å². The van der Waals surface area contributed by atoms with E-state index in [1.54, 1.807) is 41.4 Å². The van der Waals surface area contributed by atoms with Crippen LogP contribution >= 0.6 is 0 Å². The van der Waals surface area contributed by atoms with Gasteiger partial charge in [-0.3, -0.25) is 4.79 Å². The molecule has 1 amide bonds. The van der Waals surface area contributed by atoms with Gasteiger partial charge in [0.15, 0.2) is 0 Å². The Morgan fingerprint density at radius 2 is 2.25 bits per heavy atom. The third kappa shape index (κ3) is 2.53. The molecule has 5 nitrogen and oxygen atoms in total. The van der Waals surface area contributed by atoms with Gasteiger partial charge in [0.25, 0.3) is 5.91 Å². The average Bonchev–Trinajstić information content (AvgIpc) is 3.01. The predicted octanol–water partition coefficient (Wildman–Crippen LogP) is 1.93. The fourth-order valence-corrected chi connectivity index (χ4v) is 2.39. The van der Waals surface area contributed by atoms with Crippen molar-refractivity contribution in [1.82, 2.24) is 9.88 Å². The van der Waals surface area contributed by atoms with Gasteiger partial charge in [0.05, 0.1) is 13.2 Å². The number of carbonyl (C=O) groups is 1. The van der Waals surface area contributed by atoms with Gasteiger partial charge in [-0.15, -0.1) is 0 Å². The van der Waals surface area contributed by atoms with Crippen molar-refractivity contribution >= 4 is 5.91 Å². The fourth-order valence-electron chi connectivity index (χ4n) is 2.39. The van der Waals surface area contributed by atoms with Crippen LogP contribution < -0.4 is 0 Å². The highest BCUT2D eigenvalue weighted by molar-refractivity contribution is 5.92. The molecule has 20 heavy (non-hydrogen) atoms. The Morgan fingerprint density at radius 3 is 3.00 bits per heavy atom. The smallest absolute Gasteiger partial charge is 0.270 e. The van der Waals surface area contributed by atoms with E-state index in [0.717, 1.165) is 5.56 Å². The predicted molar refractivity (Wildman–Crippen MR) is 73.5 cm³/mol. The summed E-state index contributed by atoms with van der Waals surface area (Å²) in [6, 6.07) is 10.5. The highest BCUT2D eigenvalue weighted by atomic mass is 16.5. The summed E-state index contributed by atoms with van der Waals surface area (Å²) in [6.45, 7) is 1.56. The van der Waals surface area contributed by atoms with Crippen LogP contribution in [0.1, 0.15) is 22.2 Å². The molecule has 1 unspecified atom stereocenters. The second-order valence-electron chi connectivity index (χ2n) is 4.79. The van der Waals surface area contributed by atoms with Crippen LogP contribution in [0.15, 0.2) is 42.6 Å². The number of aromatic nitrogens is 1. The number of benzene rings is 1. The zero-order valence-electron chi connectivity index (χ0n) is 11.0. The SMILES string of the molecule is O=C(c1ccc[nH]1)N1CCOC(c2cccc(O)c2)C1. The number of aromatic hydroxyl groups is 1. The third-order valence-electron chi connectivity index (χ3n) is 3.42. The van der Waals surface area contributed by atoms with Crippen LogP contribution in [0.4, 0.5) is 0 Å². The van der Waals surface area contributed by atoms with Gasteiger partial charge < -0.3 is 19.7 Å². The molecule has 2 N–H and O–H groups in total. The van der Waals surface area contributed by atoms with E-state index in [9.17, 15) is 9.90 Å². The second kappa shape index (κ2) is 5.38. The van der Waals surface area contributed by atoms with E-state index in [4.69, 9.17) is 4.74 Å². The maximum atomic E-state index is 12.3. The van der Waals surface area contributed by atoms with Crippen molar-refractivity contribution in [2.45, 2.75) is 6.10 Å². The first kappa shape index (κ1) is 12.7. The van der Waals surface area contributed by atoms with Crippen molar-refractivity contribution in [1.29, 1.82) is 0 Å². The molecule has 104 valence electrons. The molecule has 0 aliphatic carbocycles. The van der Waals surface area contributed by atoms with Crippen molar-refractivity contribution in [3.63, 3.8) is 0 Å². The molecule has 0 saturated carbocycles. The van der Waals surface area contributed by atoms with Crippen molar-refractivity contribution in [3.8, 4) is 5.75 Å². The van der Waals surface area contributed by atoms with Crippen LogP contribution in [0.25, 0.3) is 0 Å². The van der Waals surface area contributed by atoms with Gasteiger partial charge in [0, 0.05) is 12.7 Å². The first-order valence-electron chi connectivity index (χ1n) is 6.57. The van der Waals surface area contributed by atoms with Crippen molar-refractivity contribution in [2.75, 3.05) is 19.7 Å². The number of rotatable bonds is 2. The summed E-state index contributed by atoms with van der Waals surface area (Å²) >= 11 is 0. The Labute approximate surface area is 116 Å². The minimum atomic E-state index is -0.199. The Hall–Kier alpha value is -2.27. The second-order valence-corrected chi connectivity index (χ2v) is 4.79. The van der Waals surface area contributed by atoms with Crippen LogP contribution in [0.5, 0.6) is 5.75 Å². The van der Waals surface area contributed by atoms with Crippen molar-refractivity contribution in [2.24, 2.45) is 0 Å². The van der Waals surface area contributed by atoms with E-state index < -0.39 is 0 Å². The minimum absolute atomic E-state index is 0.0246. The van der Waals surface area contributed by atoms with E-state index in [1.165, 1.54) is 0 Å². The number of phenols is 1. The van der Waals surface area contributed by atoms with Gasteiger partial charge in [-0.25, -0.2) is 0 Å². The Kier molecular flexibility index (Phi) is 3.43. The molecule has 3 rings (SSSR count). The molecule has 1 aromatic heterocycles. The summed E-state index contributed by atoms with van der Waals surface area (Å²) in [5.74, 6) is 0.183. The molecule has 2 heterocycles. The monoisotopic (exact) mass is 272 g/mol. The Bertz CT molecular complexity index is 595. The zero-order valence-corrected chi connectivity index (χ0v) is 11.0. The topological polar surface area (TPSA) is 65.6 Å². The maximum absolute atomic E-state index is 12.3. The summed E-state index contributed by atoms with van der Waals surface area (Å²) in [5, 5.41) is 9.53. The lowest BCUT2D eigenvalue weighted by atomic mass is 10.1. The number of carbonyl (C=O) groups excluding carboxylic acids is 1. The number of morpholine rings is 1. The van der Waals surface area contributed by atoms with Gasteiger partial charge in [0.2, 0.25) is 0 Å². The van der Waals surface area contributed by atoms with E-state index >= 15 is 0 Å². The van der Waals surface area contributed by atoms with Gasteiger partial charge in [-0.05, 0) is 29.8 Å². The van der Waals surface area contributed by atoms with Crippen molar-refractivity contribution in [3.05, 3.63) is 53.9 Å². The van der Waals surface area contributed by atoms with Crippen LogP contribution in [-0.4, -0.2) is 40.6 Å². The van der Waals surface area contributed by atoms with E-state index in [0.29, 0.717) is 25.4 Å². The minimum Gasteiger partial charge on any atom is -0.508 e. The lowest BCUT2D eigenvalue weighted by Gasteiger charge is -2.33. The normalized spacial score (nSPS) is 19.0. The number of nitrogens with one attached hydrogen (secondary N) is 1. The summed E-state index contributed by atoms with van der Waals surface area (Å²) < 4.78 is 5.70. The number of hydrogen-bond acceptors (Lipinski definition) is 3. The van der Waals surface area contributed by atoms with Gasteiger partial charge >= 0.3 is 0 Å². The Morgan fingerprint density at radius 1 is 1.35 bits per heavy atom. The molecule has 0 radical (unpaired) electrons. The molecular weight excluding hydrogens is 256 g/mol. The number of aromatic amines is 1. The highest BCUT2D eigenvalue weighted by Gasteiger charge is 2.26. The highest BCUT2D eigenvalue weighted by Crippen LogP contribution is 2.25. The molecule has 1 aromatic carbocycles. The van der Waals surface area contributed by atoms with Gasteiger partial charge in [-0.1, -0.05) is 12.1 Å². The number of hydrogen-bond donors (Lipinski definition) is 2. The fraction of sp³-hybridized carbons (Fsp3) is 0.267.